The zero-order valence-electron chi connectivity index (χ0n) is 12.5. The van der Waals surface area contributed by atoms with Gasteiger partial charge in [-0.1, -0.05) is 0 Å². The summed E-state index contributed by atoms with van der Waals surface area (Å²) in [5.74, 6) is -0.272. The van der Waals surface area contributed by atoms with E-state index in [1.807, 2.05) is 0 Å². The first kappa shape index (κ1) is 17.5. The molecule has 0 spiro atoms. The van der Waals surface area contributed by atoms with E-state index in [4.69, 9.17) is 0 Å². The van der Waals surface area contributed by atoms with Crippen LogP contribution in [0.4, 0.5) is 13.2 Å². The van der Waals surface area contributed by atoms with E-state index in [-0.39, 0.29) is 23.3 Å². The molecule has 23 heavy (non-hydrogen) atoms. The van der Waals surface area contributed by atoms with Crippen LogP contribution in [0.2, 0.25) is 0 Å². The first-order valence-corrected chi connectivity index (χ1v) is 7.53. The SMILES string of the molecule is Cc1c(Br)c(C(F)(F)F)nn1CCC(=O)NCc1ccnn1C. The zero-order valence-corrected chi connectivity index (χ0v) is 14.1. The zero-order chi connectivity index (χ0) is 17.2. The highest BCUT2D eigenvalue weighted by atomic mass is 79.9. The Balaban J connectivity index is 1.93. The summed E-state index contributed by atoms with van der Waals surface area (Å²) in [6.07, 6.45) is -2.88. The molecule has 0 saturated heterocycles. The standard InChI is InChI=1S/C13H15BrF3N5O/c1-8-11(14)12(13(15,16)17)20-22(8)6-4-10(23)18-7-9-3-5-19-21(9)2/h3,5H,4,6-7H2,1-2H3,(H,18,23). The van der Waals surface area contributed by atoms with Crippen molar-refractivity contribution in [2.45, 2.75) is 32.6 Å². The topological polar surface area (TPSA) is 64.7 Å². The van der Waals surface area contributed by atoms with Gasteiger partial charge in [0.2, 0.25) is 5.91 Å². The maximum Gasteiger partial charge on any atom is 0.436 e. The third-order valence-corrected chi connectivity index (χ3v) is 4.29. The van der Waals surface area contributed by atoms with Crippen LogP contribution in [0.3, 0.4) is 0 Å². The molecule has 0 fully saturated rings. The molecule has 2 aromatic heterocycles. The van der Waals surface area contributed by atoms with Crippen molar-refractivity contribution in [3.8, 4) is 0 Å². The minimum absolute atomic E-state index is 0.0319. The van der Waals surface area contributed by atoms with Crippen molar-refractivity contribution in [2.75, 3.05) is 0 Å². The molecule has 2 rings (SSSR count). The molecule has 0 unspecified atom stereocenters. The fourth-order valence-corrected chi connectivity index (χ4v) is 2.49. The molecule has 0 aliphatic carbocycles. The van der Waals surface area contributed by atoms with Crippen molar-refractivity contribution in [1.82, 2.24) is 24.9 Å². The minimum atomic E-state index is -4.53. The second kappa shape index (κ2) is 6.73. The molecule has 126 valence electrons. The number of nitrogens with zero attached hydrogens (tertiary/aromatic N) is 4. The van der Waals surface area contributed by atoms with Crippen LogP contribution >= 0.6 is 15.9 Å². The van der Waals surface area contributed by atoms with Crippen LogP contribution in [0.1, 0.15) is 23.5 Å². The van der Waals surface area contributed by atoms with Crippen LogP contribution in [0.25, 0.3) is 0 Å². The summed E-state index contributed by atoms with van der Waals surface area (Å²) in [6.45, 7) is 1.89. The second-order valence-electron chi connectivity index (χ2n) is 4.94. The van der Waals surface area contributed by atoms with Gasteiger partial charge in [0.15, 0.2) is 5.69 Å². The second-order valence-corrected chi connectivity index (χ2v) is 5.73. The number of halogens is 4. The minimum Gasteiger partial charge on any atom is -0.350 e. The Hall–Kier alpha value is -1.84. The molecule has 2 aromatic rings. The molecule has 1 N–H and O–H groups in total. The first-order valence-electron chi connectivity index (χ1n) is 6.74. The third kappa shape index (κ3) is 4.12. The summed E-state index contributed by atoms with van der Waals surface area (Å²) in [5, 5.41) is 10.2. The number of rotatable bonds is 5. The molecule has 0 atom stereocenters. The van der Waals surface area contributed by atoms with Crippen molar-refractivity contribution in [1.29, 1.82) is 0 Å². The lowest BCUT2D eigenvalue weighted by Crippen LogP contribution is -2.25. The van der Waals surface area contributed by atoms with Crippen LogP contribution in [-0.4, -0.2) is 25.5 Å². The van der Waals surface area contributed by atoms with Crippen molar-refractivity contribution in [3.05, 3.63) is 33.8 Å². The van der Waals surface area contributed by atoms with Crippen LogP contribution < -0.4 is 5.32 Å². The lowest BCUT2D eigenvalue weighted by Gasteiger charge is -2.07. The number of aryl methyl sites for hydroxylation is 2. The van der Waals surface area contributed by atoms with E-state index in [1.54, 1.807) is 24.0 Å². The predicted molar refractivity (Wildman–Crippen MR) is 79.3 cm³/mol. The van der Waals surface area contributed by atoms with Gasteiger partial charge in [-0.25, -0.2) is 0 Å². The Morgan fingerprint density at radius 1 is 1.43 bits per heavy atom. The highest BCUT2D eigenvalue weighted by Gasteiger charge is 2.37. The molecule has 10 heteroatoms. The van der Waals surface area contributed by atoms with Crippen LogP contribution in [0.5, 0.6) is 0 Å². The highest BCUT2D eigenvalue weighted by Crippen LogP contribution is 2.35. The smallest absolute Gasteiger partial charge is 0.350 e. The van der Waals surface area contributed by atoms with Gasteiger partial charge in [0.1, 0.15) is 0 Å². The number of aromatic nitrogens is 4. The van der Waals surface area contributed by atoms with Crippen molar-refractivity contribution < 1.29 is 18.0 Å². The molecule has 6 nitrogen and oxygen atoms in total. The Labute approximate surface area is 138 Å². The molecular formula is C13H15BrF3N5O. The summed E-state index contributed by atoms with van der Waals surface area (Å²) in [5.41, 5.74) is 0.178. The van der Waals surface area contributed by atoms with Gasteiger partial charge in [-0.15, -0.1) is 0 Å². The van der Waals surface area contributed by atoms with E-state index in [2.05, 4.69) is 31.4 Å². The summed E-state index contributed by atoms with van der Waals surface area (Å²) in [6, 6.07) is 1.77. The molecule has 1 amide bonds. The fraction of sp³-hybridized carbons (Fsp3) is 0.462. The maximum atomic E-state index is 12.8. The van der Waals surface area contributed by atoms with Crippen LogP contribution in [-0.2, 0) is 31.1 Å². The largest absolute Gasteiger partial charge is 0.436 e. The summed E-state index contributed by atoms with van der Waals surface area (Å²) >= 11 is 2.90. The van der Waals surface area contributed by atoms with E-state index < -0.39 is 11.9 Å². The van der Waals surface area contributed by atoms with E-state index in [9.17, 15) is 18.0 Å². The Morgan fingerprint density at radius 2 is 2.13 bits per heavy atom. The van der Waals surface area contributed by atoms with Crippen LogP contribution in [0, 0.1) is 6.92 Å². The van der Waals surface area contributed by atoms with E-state index >= 15 is 0 Å². The van der Waals surface area contributed by atoms with Crippen molar-refractivity contribution >= 4 is 21.8 Å². The van der Waals surface area contributed by atoms with Gasteiger partial charge in [0.25, 0.3) is 0 Å². The lowest BCUT2D eigenvalue weighted by atomic mass is 10.3. The Morgan fingerprint density at radius 3 is 2.65 bits per heavy atom. The summed E-state index contributed by atoms with van der Waals surface area (Å²) in [4.78, 5) is 11.8. The fourth-order valence-electron chi connectivity index (χ4n) is 1.98. The molecule has 0 aliphatic heterocycles. The van der Waals surface area contributed by atoms with Gasteiger partial charge in [-0.3, -0.25) is 14.2 Å². The number of carbonyl (C=O) groups is 1. The predicted octanol–water partition coefficient (Wildman–Crippen LogP) is 2.41. The Bertz CT molecular complexity index is 707. The normalized spacial score (nSPS) is 11.7. The number of carbonyl (C=O) groups excluding carboxylic acids is 1. The lowest BCUT2D eigenvalue weighted by molar-refractivity contribution is -0.142. The van der Waals surface area contributed by atoms with Gasteiger partial charge >= 0.3 is 6.18 Å². The van der Waals surface area contributed by atoms with Gasteiger partial charge in [-0.05, 0) is 28.9 Å². The van der Waals surface area contributed by atoms with Gasteiger partial charge < -0.3 is 5.32 Å². The summed E-state index contributed by atoms with van der Waals surface area (Å²) < 4.78 is 41.0. The maximum absolute atomic E-state index is 12.8. The Kier molecular flexibility index (Phi) is 5.12. The molecule has 0 bridgehead atoms. The molecule has 2 heterocycles. The molecule has 0 aromatic carbocycles. The third-order valence-electron chi connectivity index (χ3n) is 3.34. The molecule has 0 radical (unpaired) electrons. The number of hydrogen-bond donors (Lipinski definition) is 1. The molecule has 0 aliphatic rings. The average molecular weight is 394 g/mol. The number of hydrogen-bond acceptors (Lipinski definition) is 3. The van der Waals surface area contributed by atoms with E-state index in [1.165, 1.54) is 11.6 Å². The van der Waals surface area contributed by atoms with E-state index in [0.717, 1.165) is 5.69 Å². The molecule has 0 saturated carbocycles. The van der Waals surface area contributed by atoms with Crippen molar-refractivity contribution in [2.24, 2.45) is 7.05 Å². The van der Waals surface area contributed by atoms with Crippen LogP contribution in [0.15, 0.2) is 16.7 Å². The monoisotopic (exact) mass is 393 g/mol. The number of amides is 1. The first-order chi connectivity index (χ1) is 10.7. The highest BCUT2D eigenvalue weighted by molar-refractivity contribution is 9.10. The number of alkyl halides is 3. The van der Waals surface area contributed by atoms with Gasteiger partial charge in [0.05, 0.1) is 29.0 Å². The average Bonchev–Trinajstić information content (AvgIpc) is 2.99. The molecular weight excluding hydrogens is 379 g/mol. The van der Waals surface area contributed by atoms with Gasteiger partial charge in [-0.2, -0.15) is 23.4 Å². The quantitative estimate of drug-likeness (QED) is 0.848. The van der Waals surface area contributed by atoms with Crippen molar-refractivity contribution in [3.63, 3.8) is 0 Å². The van der Waals surface area contributed by atoms with E-state index in [0.29, 0.717) is 12.2 Å². The number of nitrogens with one attached hydrogen (secondary N) is 1. The summed E-state index contributed by atoms with van der Waals surface area (Å²) in [7, 11) is 1.75. The van der Waals surface area contributed by atoms with Gasteiger partial charge in [0, 0.05) is 19.7 Å².